The first-order chi connectivity index (χ1) is 16.8. The van der Waals surface area contributed by atoms with Crippen LogP contribution in [0.4, 0.5) is 11.4 Å². The van der Waals surface area contributed by atoms with Crippen molar-refractivity contribution in [3.63, 3.8) is 0 Å². The number of amides is 1. The number of nitro benzene ring substituents is 1. The van der Waals surface area contributed by atoms with E-state index in [1.165, 1.54) is 30.3 Å². The summed E-state index contributed by atoms with van der Waals surface area (Å²) in [6.07, 6.45) is 2.22. The third-order valence-corrected chi connectivity index (χ3v) is 7.34. The van der Waals surface area contributed by atoms with E-state index in [2.05, 4.69) is 14.9 Å². The van der Waals surface area contributed by atoms with Gasteiger partial charge in [0, 0.05) is 18.7 Å². The third kappa shape index (κ3) is 5.84. The number of carbonyl (C=O) groups excluding carboxylic acids is 1. The van der Waals surface area contributed by atoms with Gasteiger partial charge in [0.15, 0.2) is 0 Å². The number of likely N-dealkylation sites (tertiary alicyclic amines) is 1. The highest BCUT2D eigenvalue weighted by Gasteiger charge is 2.25. The molecular weight excluding hydrogens is 468 g/mol. The lowest BCUT2D eigenvalue weighted by molar-refractivity contribution is -0.385. The van der Waals surface area contributed by atoms with E-state index in [1.54, 1.807) is 12.1 Å². The minimum atomic E-state index is -4.16. The Morgan fingerprint density at radius 2 is 1.66 bits per heavy atom. The number of nitrogens with zero attached hydrogens (tertiary/aromatic N) is 2. The van der Waals surface area contributed by atoms with Gasteiger partial charge < -0.3 is 5.32 Å². The molecule has 1 saturated heterocycles. The molecule has 0 radical (unpaired) electrons. The van der Waals surface area contributed by atoms with E-state index >= 15 is 0 Å². The predicted octanol–water partition coefficient (Wildman–Crippen LogP) is 3.96. The van der Waals surface area contributed by atoms with Crippen molar-refractivity contribution < 1.29 is 18.1 Å². The highest BCUT2D eigenvalue weighted by atomic mass is 32.2. The number of nitrogens with one attached hydrogen (secondary N) is 2. The average Bonchev–Trinajstić information content (AvgIpc) is 3.39. The number of nitro groups is 1. The summed E-state index contributed by atoms with van der Waals surface area (Å²) in [4.78, 5) is 25.6. The van der Waals surface area contributed by atoms with Crippen LogP contribution in [-0.4, -0.2) is 43.8 Å². The number of para-hydroxylation sites is 1. The number of hydrogen-bond donors (Lipinski definition) is 2. The Kier molecular flexibility index (Phi) is 7.42. The second-order valence-electron chi connectivity index (χ2n) is 8.29. The van der Waals surface area contributed by atoms with Crippen LogP contribution in [0.5, 0.6) is 0 Å². The molecule has 4 rings (SSSR count). The fourth-order valence-electron chi connectivity index (χ4n) is 4.21. The number of benzene rings is 3. The van der Waals surface area contributed by atoms with Gasteiger partial charge in [-0.15, -0.1) is 0 Å². The molecular formula is C25H26N4O5S. The normalized spacial score (nSPS) is 14.9. The maximum Gasteiger partial charge on any atom is 0.270 e. The number of rotatable bonds is 9. The molecule has 1 aliphatic heterocycles. The zero-order chi connectivity index (χ0) is 24.8. The fourth-order valence-corrected chi connectivity index (χ4v) is 5.33. The molecule has 1 amide bonds. The molecule has 1 unspecified atom stereocenters. The summed E-state index contributed by atoms with van der Waals surface area (Å²) in [5, 5.41) is 14.0. The van der Waals surface area contributed by atoms with Crippen LogP contribution in [0.15, 0.2) is 83.8 Å². The molecule has 1 fully saturated rings. The molecule has 0 spiro atoms. The van der Waals surface area contributed by atoms with Crippen LogP contribution in [0.25, 0.3) is 0 Å². The molecule has 0 aromatic heterocycles. The Morgan fingerprint density at radius 3 is 2.37 bits per heavy atom. The van der Waals surface area contributed by atoms with Gasteiger partial charge in [-0.2, -0.15) is 0 Å². The van der Waals surface area contributed by atoms with Gasteiger partial charge in [-0.3, -0.25) is 24.5 Å². The van der Waals surface area contributed by atoms with Crippen molar-refractivity contribution in [3.8, 4) is 0 Å². The molecule has 1 aliphatic rings. The first kappa shape index (κ1) is 24.4. The quantitative estimate of drug-likeness (QED) is 0.343. The van der Waals surface area contributed by atoms with E-state index in [0.29, 0.717) is 6.54 Å². The lowest BCUT2D eigenvalue weighted by Gasteiger charge is -2.28. The zero-order valence-corrected chi connectivity index (χ0v) is 19.8. The van der Waals surface area contributed by atoms with E-state index in [9.17, 15) is 23.3 Å². The molecule has 2 N–H and O–H groups in total. The van der Waals surface area contributed by atoms with Crippen molar-refractivity contribution in [2.75, 3.05) is 24.4 Å². The maximum atomic E-state index is 13.1. The minimum Gasteiger partial charge on any atom is -0.350 e. The average molecular weight is 495 g/mol. The highest BCUT2D eigenvalue weighted by Crippen LogP contribution is 2.26. The summed E-state index contributed by atoms with van der Waals surface area (Å²) in [7, 11) is -4.16. The van der Waals surface area contributed by atoms with Gasteiger partial charge >= 0.3 is 0 Å². The van der Waals surface area contributed by atoms with Gasteiger partial charge in [-0.25, -0.2) is 8.42 Å². The van der Waals surface area contributed by atoms with Crippen molar-refractivity contribution >= 4 is 27.3 Å². The smallest absolute Gasteiger partial charge is 0.270 e. The number of sulfonamides is 1. The van der Waals surface area contributed by atoms with E-state index in [0.717, 1.165) is 37.6 Å². The summed E-state index contributed by atoms with van der Waals surface area (Å²) in [5.74, 6) is -0.414. The van der Waals surface area contributed by atoms with Gasteiger partial charge in [-0.1, -0.05) is 48.5 Å². The van der Waals surface area contributed by atoms with Gasteiger partial charge in [0.25, 0.3) is 21.6 Å². The second kappa shape index (κ2) is 10.7. The standard InChI is InChI=1S/C25H26N4O5S/c30-25(26-18-24(28-15-6-7-16-28)19-9-2-1-3-10-19)22-13-4-5-14-23(22)27-35(33,34)21-12-8-11-20(17-21)29(31)32/h1-5,8-14,17,24,27H,6-7,15-16,18H2,(H,26,30). The van der Waals surface area contributed by atoms with Gasteiger partial charge in [0.2, 0.25) is 0 Å². The Morgan fingerprint density at radius 1 is 0.971 bits per heavy atom. The van der Waals surface area contributed by atoms with Gasteiger partial charge in [0.05, 0.1) is 27.1 Å². The first-order valence-corrected chi connectivity index (χ1v) is 12.8. The third-order valence-electron chi connectivity index (χ3n) is 5.98. The van der Waals surface area contributed by atoms with E-state index in [4.69, 9.17) is 0 Å². The Balaban J connectivity index is 1.53. The molecule has 1 atom stereocenters. The molecule has 35 heavy (non-hydrogen) atoms. The molecule has 3 aromatic rings. The van der Waals surface area contributed by atoms with Crippen LogP contribution in [-0.2, 0) is 10.0 Å². The van der Waals surface area contributed by atoms with Crippen molar-refractivity contribution in [1.82, 2.24) is 10.2 Å². The van der Waals surface area contributed by atoms with Crippen LogP contribution >= 0.6 is 0 Å². The summed E-state index contributed by atoms with van der Waals surface area (Å²) in [5.41, 5.74) is 1.02. The van der Waals surface area contributed by atoms with E-state index in [-0.39, 0.29) is 27.9 Å². The predicted molar refractivity (Wildman–Crippen MR) is 133 cm³/mol. The van der Waals surface area contributed by atoms with Crippen LogP contribution in [0, 0.1) is 10.1 Å². The second-order valence-corrected chi connectivity index (χ2v) is 9.97. The van der Waals surface area contributed by atoms with E-state index in [1.807, 2.05) is 30.3 Å². The fraction of sp³-hybridized carbons (Fsp3) is 0.240. The Bertz CT molecular complexity index is 1310. The summed E-state index contributed by atoms with van der Waals surface area (Å²) >= 11 is 0. The molecule has 182 valence electrons. The van der Waals surface area contributed by atoms with Crippen molar-refractivity contribution in [2.24, 2.45) is 0 Å². The van der Waals surface area contributed by atoms with E-state index < -0.39 is 20.9 Å². The molecule has 0 saturated carbocycles. The zero-order valence-electron chi connectivity index (χ0n) is 19.0. The Hall–Kier alpha value is -3.76. The van der Waals surface area contributed by atoms with Crippen molar-refractivity contribution in [2.45, 2.75) is 23.8 Å². The topological polar surface area (TPSA) is 122 Å². The van der Waals surface area contributed by atoms with Crippen LogP contribution in [0.1, 0.15) is 34.8 Å². The molecule has 10 heteroatoms. The SMILES string of the molecule is O=C(NCC(c1ccccc1)N1CCCC1)c1ccccc1NS(=O)(=O)c1cccc([N+](=O)[O-])c1. The lowest BCUT2D eigenvalue weighted by Crippen LogP contribution is -2.37. The van der Waals surface area contributed by atoms with Crippen molar-refractivity contribution in [3.05, 3.63) is 100 Å². The monoisotopic (exact) mass is 494 g/mol. The largest absolute Gasteiger partial charge is 0.350 e. The number of non-ortho nitro benzene ring substituents is 1. The van der Waals surface area contributed by atoms with Crippen molar-refractivity contribution in [1.29, 1.82) is 0 Å². The number of anilines is 1. The van der Waals surface area contributed by atoms with Gasteiger partial charge in [0.1, 0.15) is 0 Å². The summed E-state index contributed by atoms with van der Waals surface area (Å²) < 4.78 is 28.2. The summed E-state index contributed by atoms with van der Waals surface area (Å²) in [6, 6.07) is 21.0. The first-order valence-electron chi connectivity index (χ1n) is 11.3. The number of carbonyl (C=O) groups is 1. The van der Waals surface area contributed by atoms with Crippen LogP contribution in [0.2, 0.25) is 0 Å². The van der Waals surface area contributed by atoms with Crippen LogP contribution in [0.3, 0.4) is 0 Å². The summed E-state index contributed by atoms with van der Waals surface area (Å²) in [6.45, 7) is 2.28. The maximum absolute atomic E-state index is 13.1. The lowest BCUT2D eigenvalue weighted by atomic mass is 10.1. The number of hydrogen-bond acceptors (Lipinski definition) is 6. The minimum absolute atomic E-state index is 0.0105. The molecule has 1 heterocycles. The molecule has 9 nitrogen and oxygen atoms in total. The molecule has 3 aromatic carbocycles. The van der Waals surface area contributed by atoms with Crippen LogP contribution < -0.4 is 10.0 Å². The molecule has 0 bridgehead atoms. The molecule has 0 aliphatic carbocycles. The van der Waals surface area contributed by atoms with Gasteiger partial charge in [-0.05, 0) is 49.7 Å². The Labute approximate surface area is 204 Å². The highest BCUT2D eigenvalue weighted by molar-refractivity contribution is 7.92.